The minimum absolute atomic E-state index is 0.222. The Hall–Kier alpha value is -2.57. The molecule has 21 heavy (non-hydrogen) atoms. The summed E-state index contributed by atoms with van der Waals surface area (Å²) in [5.41, 5.74) is 8.40. The molecule has 2 N–H and O–H groups in total. The average Bonchev–Trinajstić information content (AvgIpc) is 2.96. The van der Waals surface area contributed by atoms with E-state index in [9.17, 15) is 4.39 Å². The minimum atomic E-state index is -0.400. The van der Waals surface area contributed by atoms with Gasteiger partial charge >= 0.3 is 0 Å². The molecular formula is C14H16FN5O. The van der Waals surface area contributed by atoms with Gasteiger partial charge in [0.1, 0.15) is 17.1 Å². The summed E-state index contributed by atoms with van der Waals surface area (Å²) in [6, 6.07) is 4.50. The zero-order valence-corrected chi connectivity index (χ0v) is 12.1. The van der Waals surface area contributed by atoms with E-state index in [0.717, 1.165) is 5.69 Å². The molecule has 0 aliphatic carbocycles. The summed E-state index contributed by atoms with van der Waals surface area (Å²) < 4.78 is 22.7. The zero-order chi connectivity index (χ0) is 15.1. The molecule has 0 spiro atoms. The molecule has 0 amide bonds. The Morgan fingerprint density at radius 2 is 2.14 bits per heavy atom. The van der Waals surface area contributed by atoms with Gasteiger partial charge in [0, 0.05) is 12.6 Å². The molecule has 0 atom stereocenters. The second-order valence-electron chi connectivity index (χ2n) is 4.70. The number of nitrogen functional groups attached to an aromatic ring is 1. The highest BCUT2D eigenvalue weighted by molar-refractivity contribution is 5.80. The number of aromatic nitrogens is 4. The van der Waals surface area contributed by atoms with Crippen molar-refractivity contribution in [1.82, 2.24) is 19.3 Å². The fourth-order valence-electron chi connectivity index (χ4n) is 2.43. The maximum atomic E-state index is 14.2. The molecule has 0 saturated carbocycles. The van der Waals surface area contributed by atoms with Crippen molar-refractivity contribution in [3.63, 3.8) is 0 Å². The molecule has 0 aliphatic rings. The molecule has 0 unspecified atom stereocenters. The Labute approximate surface area is 120 Å². The number of hydrogen-bond acceptors (Lipinski definition) is 4. The van der Waals surface area contributed by atoms with Crippen molar-refractivity contribution in [1.29, 1.82) is 0 Å². The van der Waals surface area contributed by atoms with E-state index in [-0.39, 0.29) is 5.95 Å². The quantitative estimate of drug-likeness (QED) is 0.803. The molecule has 0 radical (unpaired) electrons. The largest absolute Gasteiger partial charge is 0.497 e. The number of halogens is 1. The van der Waals surface area contributed by atoms with Crippen LogP contribution in [0.3, 0.4) is 0 Å². The molecule has 6 nitrogen and oxygen atoms in total. The molecule has 7 heteroatoms. The van der Waals surface area contributed by atoms with Crippen molar-refractivity contribution >= 4 is 17.1 Å². The zero-order valence-electron chi connectivity index (χ0n) is 12.1. The van der Waals surface area contributed by atoms with Gasteiger partial charge in [-0.3, -0.25) is 4.57 Å². The lowest BCUT2D eigenvalue weighted by Crippen LogP contribution is -2.08. The second-order valence-corrected chi connectivity index (χ2v) is 4.70. The third-order valence-corrected chi connectivity index (χ3v) is 3.43. The molecule has 0 fully saturated rings. The van der Waals surface area contributed by atoms with Crippen LogP contribution in [-0.4, -0.2) is 26.4 Å². The number of nitrogens with two attached hydrogens (primary N) is 1. The number of aryl methyl sites for hydroxylation is 2. The summed E-state index contributed by atoms with van der Waals surface area (Å²) in [6.07, 6.45) is 0. The molecule has 0 saturated heterocycles. The summed E-state index contributed by atoms with van der Waals surface area (Å²) in [7, 11) is 1.53. The normalized spacial score (nSPS) is 11.2. The number of imidazole rings is 1. The molecule has 110 valence electrons. The molecule has 3 aromatic rings. The van der Waals surface area contributed by atoms with Crippen molar-refractivity contribution in [2.75, 3.05) is 12.8 Å². The topological polar surface area (TPSA) is 70.9 Å². The summed E-state index contributed by atoms with van der Waals surface area (Å²) in [5, 5.41) is 4.39. The average molecular weight is 289 g/mol. The Morgan fingerprint density at radius 1 is 1.38 bits per heavy atom. The van der Waals surface area contributed by atoms with Crippen LogP contribution in [0, 0.1) is 12.7 Å². The highest BCUT2D eigenvalue weighted by atomic mass is 19.1. The smallest absolute Gasteiger partial charge is 0.207 e. The first-order chi connectivity index (χ1) is 10.1. The van der Waals surface area contributed by atoms with Gasteiger partial charge in [0.15, 0.2) is 5.65 Å². The van der Waals surface area contributed by atoms with Crippen LogP contribution in [0.5, 0.6) is 5.75 Å². The van der Waals surface area contributed by atoms with E-state index >= 15 is 0 Å². The predicted molar refractivity (Wildman–Crippen MR) is 78.2 cm³/mol. The highest BCUT2D eigenvalue weighted by Crippen LogP contribution is 2.28. The van der Waals surface area contributed by atoms with Crippen LogP contribution < -0.4 is 10.5 Å². The van der Waals surface area contributed by atoms with Crippen molar-refractivity contribution in [3.8, 4) is 11.4 Å². The van der Waals surface area contributed by atoms with Gasteiger partial charge in [0.2, 0.25) is 5.95 Å². The third-order valence-electron chi connectivity index (χ3n) is 3.43. The summed E-state index contributed by atoms with van der Waals surface area (Å²) in [6.45, 7) is 4.45. The Balaban J connectivity index is 2.37. The Kier molecular flexibility index (Phi) is 3.04. The van der Waals surface area contributed by atoms with Gasteiger partial charge in [-0.15, -0.1) is 0 Å². The van der Waals surface area contributed by atoms with Crippen LogP contribution in [-0.2, 0) is 6.54 Å². The van der Waals surface area contributed by atoms with Crippen LogP contribution in [0.15, 0.2) is 18.2 Å². The van der Waals surface area contributed by atoms with Gasteiger partial charge in [-0.05, 0) is 26.0 Å². The molecule has 0 aliphatic heterocycles. The Bertz CT molecular complexity index is 820. The minimum Gasteiger partial charge on any atom is -0.497 e. The molecule has 2 aromatic heterocycles. The van der Waals surface area contributed by atoms with Crippen LogP contribution in [0.25, 0.3) is 16.9 Å². The SMILES string of the molecule is CCn1nc(C)c2nc(N)n(-c3cc(OC)ccc3F)c21. The molecule has 1 aromatic carbocycles. The molecule has 0 bridgehead atoms. The van der Waals surface area contributed by atoms with Gasteiger partial charge in [-0.25, -0.2) is 14.1 Å². The Morgan fingerprint density at radius 3 is 2.81 bits per heavy atom. The predicted octanol–water partition coefficient (Wildman–Crippen LogP) is 2.28. The standard InChI is InChI=1S/C14H16FN5O/c1-4-19-13-12(8(2)18-19)17-14(16)20(13)11-7-9(21-3)5-6-10(11)15/h5-7H,4H2,1-3H3,(H2,16,17). The van der Waals surface area contributed by atoms with E-state index < -0.39 is 5.82 Å². The van der Waals surface area contributed by atoms with Crippen LogP contribution in [0.2, 0.25) is 0 Å². The number of nitrogens with zero attached hydrogens (tertiary/aromatic N) is 4. The first-order valence-electron chi connectivity index (χ1n) is 6.62. The van der Waals surface area contributed by atoms with E-state index in [1.165, 1.54) is 13.2 Å². The maximum absolute atomic E-state index is 14.2. The first-order valence-corrected chi connectivity index (χ1v) is 6.62. The number of anilines is 1. The number of hydrogen-bond donors (Lipinski definition) is 1. The number of ether oxygens (including phenoxy) is 1. The van der Waals surface area contributed by atoms with E-state index in [1.807, 2.05) is 13.8 Å². The van der Waals surface area contributed by atoms with Crippen molar-refractivity contribution < 1.29 is 9.13 Å². The lowest BCUT2D eigenvalue weighted by Gasteiger charge is -2.10. The molecule has 2 heterocycles. The van der Waals surface area contributed by atoms with Gasteiger partial charge in [-0.1, -0.05) is 0 Å². The van der Waals surface area contributed by atoms with Crippen LogP contribution in [0.1, 0.15) is 12.6 Å². The highest BCUT2D eigenvalue weighted by Gasteiger charge is 2.20. The fraction of sp³-hybridized carbons (Fsp3) is 0.286. The molecule has 3 rings (SSSR count). The number of methoxy groups -OCH3 is 1. The number of benzene rings is 1. The van der Waals surface area contributed by atoms with E-state index in [1.54, 1.807) is 21.4 Å². The van der Waals surface area contributed by atoms with Gasteiger partial charge in [0.05, 0.1) is 18.5 Å². The second kappa shape index (κ2) is 4.76. The van der Waals surface area contributed by atoms with E-state index in [4.69, 9.17) is 10.5 Å². The summed E-state index contributed by atoms with van der Waals surface area (Å²) in [5.74, 6) is 0.370. The van der Waals surface area contributed by atoms with E-state index in [0.29, 0.717) is 29.1 Å². The van der Waals surface area contributed by atoms with Crippen molar-refractivity contribution in [2.24, 2.45) is 0 Å². The van der Waals surface area contributed by atoms with Crippen LogP contribution in [0.4, 0.5) is 10.3 Å². The third kappa shape index (κ3) is 1.93. The lowest BCUT2D eigenvalue weighted by molar-refractivity contribution is 0.413. The van der Waals surface area contributed by atoms with Crippen molar-refractivity contribution in [3.05, 3.63) is 29.7 Å². The lowest BCUT2D eigenvalue weighted by atomic mass is 10.3. The summed E-state index contributed by atoms with van der Waals surface area (Å²) in [4.78, 5) is 4.30. The van der Waals surface area contributed by atoms with Crippen molar-refractivity contribution in [2.45, 2.75) is 20.4 Å². The number of fused-ring (bicyclic) bond motifs is 1. The van der Waals surface area contributed by atoms with Gasteiger partial charge < -0.3 is 10.5 Å². The first kappa shape index (κ1) is 13.4. The monoisotopic (exact) mass is 289 g/mol. The maximum Gasteiger partial charge on any atom is 0.207 e. The number of rotatable bonds is 3. The van der Waals surface area contributed by atoms with Gasteiger partial charge in [-0.2, -0.15) is 5.10 Å². The fourth-order valence-corrected chi connectivity index (χ4v) is 2.43. The molecular weight excluding hydrogens is 273 g/mol. The van der Waals surface area contributed by atoms with E-state index in [2.05, 4.69) is 10.1 Å². The van der Waals surface area contributed by atoms with Crippen LogP contribution >= 0.6 is 0 Å². The van der Waals surface area contributed by atoms with Gasteiger partial charge in [0.25, 0.3) is 0 Å². The summed E-state index contributed by atoms with van der Waals surface area (Å²) >= 11 is 0.